The van der Waals surface area contributed by atoms with Crippen molar-refractivity contribution in [2.24, 2.45) is 0 Å². The Balaban J connectivity index is 2.15. The van der Waals surface area contributed by atoms with Crippen LogP contribution in [0, 0.1) is 6.92 Å². The first-order valence-electron chi connectivity index (χ1n) is 4.91. The lowest BCUT2D eigenvalue weighted by atomic mass is 10.2. The number of rotatable bonds is 2. The molecule has 0 atom stereocenters. The van der Waals surface area contributed by atoms with Gasteiger partial charge in [0.05, 0.1) is 0 Å². The summed E-state index contributed by atoms with van der Waals surface area (Å²) in [6, 6.07) is 8.39. The molecule has 0 aliphatic heterocycles. The second kappa shape index (κ2) is 4.10. The van der Waals surface area contributed by atoms with Crippen LogP contribution in [0.2, 0.25) is 0 Å². The van der Waals surface area contributed by atoms with Gasteiger partial charge in [0.2, 0.25) is 0 Å². The maximum Gasteiger partial charge on any atom is 0.272 e. The number of hydrogen-bond acceptors (Lipinski definition) is 2. The zero-order chi connectivity index (χ0) is 11.5. The summed E-state index contributed by atoms with van der Waals surface area (Å²) in [5.74, 6) is 0.0213. The van der Waals surface area contributed by atoms with E-state index in [1.807, 2.05) is 0 Å². The zero-order valence-electron chi connectivity index (χ0n) is 8.82. The molecular weight excluding hydrogens is 204 g/mol. The van der Waals surface area contributed by atoms with E-state index in [2.05, 4.69) is 10.3 Å². The molecule has 0 aliphatic carbocycles. The summed E-state index contributed by atoms with van der Waals surface area (Å²) in [4.78, 5) is 14.5. The molecule has 82 valence electrons. The minimum atomic E-state index is -0.199. The fraction of sp³-hybridized carbons (Fsp3) is 0.0833. The Kier molecular flexibility index (Phi) is 2.64. The normalized spacial score (nSPS) is 10.1. The molecule has 0 unspecified atom stereocenters. The predicted molar refractivity (Wildman–Crippen MR) is 61.6 cm³/mol. The smallest absolute Gasteiger partial charge is 0.272 e. The van der Waals surface area contributed by atoms with Crippen LogP contribution in [0.25, 0.3) is 0 Å². The highest BCUT2D eigenvalue weighted by Crippen LogP contribution is 2.20. The van der Waals surface area contributed by atoms with Gasteiger partial charge < -0.3 is 15.4 Å². The minimum Gasteiger partial charge on any atom is -0.508 e. The number of aromatic nitrogens is 1. The lowest BCUT2D eigenvalue weighted by Gasteiger charge is -2.05. The lowest BCUT2D eigenvalue weighted by molar-refractivity contribution is 0.102. The molecule has 0 bridgehead atoms. The molecule has 3 N–H and O–H groups in total. The molecule has 0 saturated heterocycles. The van der Waals surface area contributed by atoms with Crippen molar-refractivity contribution in [3.8, 4) is 5.75 Å². The quantitative estimate of drug-likeness (QED) is 0.674. The molecule has 0 radical (unpaired) electrons. The topological polar surface area (TPSA) is 65.1 Å². The summed E-state index contributed by atoms with van der Waals surface area (Å²) in [5, 5.41) is 12.1. The maximum absolute atomic E-state index is 11.7. The number of carbonyl (C=O) groups is 1. The molecule has 1 aromatic heterocycles. The van der Waals surface area contributed by atoms with E-state index in [0.717, 1.165) is 5.56 Å². The van der Waals surface area contributed by atoms with Gasteiger partial charge in [-0.3, -0.25) is 4.79 Å². The number of aryl methyl sites for hydroxylation is 1. The monoisotopic (exact) mass is 216 g/mol. The van der Waals surface area contributed by atoms with Crippen LogP contribution in [0.3, 0.4) is 0 Å². The Morgan fingerprint density at radius 3 is 2.81 bits per heavy atom. The summed E-state index contributed by atoms with van der Waals surface area (Å²) < 4.78 is 0. The van der Waals surface area contributed by atoms with E-state index in [1.165, 1.54) is 0 Å². The summed E-state index contributed by atoms with van der Waals surface area (Å²) in [7, 11) is 0. The first kappa shape index (κ1) is 10.3. The van der Waals surface area contributed by atoms with Crippen molar-refractivity contribution in [3.63, 3.8) is 0 Å². The van der Waals surface area contributed by atoms with E-state index < -0.39 is 0 Å². The number of H-pyrrole nitrogens is 1. The molecule has 4 heteroatoms. The molecule has 1 amide bonds. The van der Waals surface area contributed by atoms with Gasteiger partial charge in [-0.15, -0.1) is 0 Å². The molecule has 0 aliphatic rings. The van der Waals surface area contributed by atoms with Crippen molar-refractivity contribution >= 4 is 11.6 Å². The third kappa shape index (κ3) is 2.06. The van der Waals surface area contributed by atoms with Crippen LogP contribution in [-0.4, -0.2) is 16.0 Å². The fourth-order valence-corrected chi connectivity index (χ4v) is 1.40. The van der Waals surface area contributed by atoms with E-state index in [1.54, 1.807) is 43.5 Å². The number of benzene rings is 1. The Bertz CT molecular complexity index is 504. The van der Waals surface area contributed by atoms with Crippen molar-refractivity contribution < 1.29 is 9.90 Å². The van der Waals surface area contributed by atoms with Gasteiger partial charge in [0.1, 0.15) is 11.4 Å². The SMILES string of the molecule is Cc1cc(NC(=O)c2ccc[nH]2)ccc1O. The number of aromatic amines is 1. The number of phenolic OH excluding ortho intramolecular Hbond substituents is 1. The van der Waals surface area contributed by atoms with Gasteiger partial charge in [-0.25, -0.2) is 0 Å². The molecule has 0 spiro atoms. The number of nitrogens with one attached hydrogen (secondary N) is 2. The number of anilines is 1. The molecule has 4 nitrogen and oxygen atoms in total. The van der Waals surface area contributed by atoms with Gasteiger partial charge in [-0.05, 0) is 42.8 Å². The molecule has 0 saturated carbocycles. The van der Waals surface area contributed by atoms with Crippen LogP contribution in [-0.2, 0) is 0 Å². The van der Waals surface area contributed by atoms with Gasteiger partial charge in [-0.2, -0.15) is 0 Å². The van der Waals surface area contributed by atoms with E-state index in [9.17, 15) is 9.90 Å². The number of hydrogen-bond donors (Lipinski definition) is 3. The van der Waals surface area contributed by atoms with Crippen molar-refractivity contribution in [1.82, 2.24) is 4.98 Å². The highest BCUT2D eigenvalue weighted by atomic mass is 16.3. The van der Waals surface area contributed by atoms with Crippen LogP contribution >= 0.6 is 0 Å². The first-order chi connectivity index (χ1) is 7.66. The van der Waals surface area contributed by atoms with Gasteiger partial charge in [-0.1, -0.05) is 0 Å². The standard InChI is InChI=1S/C12H12N2O2/c1-8-7-9(4-5-11(8)15)14-12(16)10-3-2-6-13-10/h2-7,13,15H,1H3,(H,14,16). The largest absolute Gasteiger partial charge is 0.508 e. The molecular formula is C12H12N2O2. The highest BCUT2D eigenvalue weighted by Gasteiger charge is 2.06. The number of amides is 1. The Morgan fingerprint density at radius 1 is 1.38 bits per heavy atom. The molecule has 1 aromatic carbocycles. The van der Waals surface area contributed by atoms with Crippen molar-refractivity contribution in [1.29, 1.82) is 0 Å². The molecule has 1 heterocycles. The molecule has 2 rings (SSSR count). The minimum absolute atomic E-state index is 0.199. The van der Waals surface area contributed by atoms with Gasteiger partial charge in [0, 0.05) is 11.9 Å². The third-order valence-electron chi connectivity index (χ3n) is 2.30. The first-order valence-corrected chi connectivity index (χ1v) is 4.91. The highest BCUT2D eigenvalue weighted by molar-refractivity contribution is 6.02. The average molecular weight is 216 g/mol. The second-order valence-electron chi connectivity index (χ2n) is 3.54. The molecule has 2 aromatic rings. The van der Waals surface area contributed by atoms with Crippen LogP contribution in [0.4, 0.5) is 5.69 Å². The van der Waals surface area contributed by atoms with E-state index in [4.69, 9.17) is 0 Å². The van der Waals surface area contributed by atoms with E-state index in [-0.39, 0.29) is 11.7 Å². The maximum atomic E-state index is 11.7. The van der Waals surface area contributed by atoms with Crippen LogP contribution in [0.15, 0.2) is 36.5 Å². The zero-order valence-corrected chi connectivity index (χ0v) is 8.82. The van der Waals surface area contributed by atoms with Gasteiger partial charge in [0.25, 0.3) is 5.91 Å². The number of phenols is 1. The van der Waals surface area contributed by atoms with Crippen molar-refractivity contribution in [2.45, 2.75) is 6.92 Å². The summed E-state index contributed by atoms with van der Waals surface area (Å²) in [5.41, 5.74) is 1.89. The third-order valence-corrected chi connectivity index (χ3v) is 2.30. The Labute approximate surface area is 92.9 Å². The summed E-state index contributed by atoms with van der Waals surface area (Å²) >= 11 is 0. The summed E-state index contributed by atoms with van der Waals surface area (Å²) in [6.07, 6.45) is 1.69. The van der Waals surface area contributed by atoms with Gasteiger partial charge in [0.15, 0.2) is 0 Å². The van der Waals surface area contributed by atoms with Crippen molar-refractivity contribution in [3.05, 3.63) is 47.8 Å². The lowest BCUT2D eigenvalue weighted by Crippen LogP contribution is -2.12. The van der Waals surface area contributed by atoms with Crippen LogP contribution in [0.1, 0.15) is 16.1 Å². The Morgan fingerprint density at radius 2 is 2.19 bits per heavy atom. The predicted octanol–water partition coefficient (Wildman–Crippen LogP) is 2.28. The van der Waals surface area contributed by atoms with E-state index >= 15 is 0 Å². The fourth-order valence-electron chi connectivity index (χ4n) is 1.40. The van der Waals surface area contributed by atoms with Crippen LogP contribution in [0.5, 0.6) is 5.75 Å². The van der Waals surface area contributed by atoms with Gasteiger partial charge >= 0.3 is 0 Å². The summed E-state index contributed by atoms with van der Waals surface area (Å²) in [6.45, 7) is 1.78. The number of carbonyl (C=O) groups excluding carboxylic acids is 1. The van der Waals surface area contributed by atoms with Crippen molar-refractivity contribution in [2.75, 3.05) is 5.32 Å². The Hall–Kier alpha value is -2.23. The molecule has 16 heavy (non-hydrogen) atoms. The number of aromatic hydroxyl groups is 1. The van der Waals surface area contributed by atoms with E-state index in [0.29, 0.717) is 11.4 Å². The second-order valence-corrected chi connectivity index (χ2v) is 3.54. The molecule has 0 fully saturated rings. The average Bonchev–Trinajstić information content (AvgIpc) is 2.77. The van der Waals surface area contributed by atoms with Crippen LogP contribution < -0.4 is 5.32 Å².